The molecule has 0 aromatic heterocycles. The van der Waals surface area contributed by atoms with E-state index in [1.807, 2.05) is 0 Å². The van der Waals surface area contributed by atoms with Gasteiger partial charge in [-0.2, -0.15) is 0 Å². The normalized spacial score (nSPS) is 20.3. The van der Waals surface area contributed by atoms with Gasteiger partial charge in [-0.3, -0.25) is 0 Å². The average Bonchev–Trinajstić information content (AvgIpc) is 2.45. The molecule has 0 unspecified atom stereocenters. The molecule has 6 nitrogen and oxygen atoms in total. The van der Waals surface area contributed by atoms with Crippen LogP contribution in [-0.2, 0) is 11.2 Å². The first-order valence-corrected chi connectivity index (χ1v) is 8.10. The lowest BCUT2D eigenvalue weighted by Gasteiger charge is -2.30. The highest BCUT2D eigenvalue weighted by Crippen LogP contribution is 2.42. The number of aliphatic hydroxyl groups is 1. The molecule has 6 heteroatoms. The summed E-state index contributed by atoms with van der Waals surface area (Å²) in [4.78, 5) is 11.1. The third-order valence-corrected chi connectivity index (χ3v) is 4.26. The Labute approximate surface area is 135 Å². The quantitative estimate of drug-likeness (QED) is 0.574. The minimum absolute atomic E-state index is 0.0439. The second kappa shape index (κ2) is 7.66. The van der Waals surface area contributed by atoms with Crippen LogP contribution < -0.4 is 0 Å². The predicted molar refractivity (Wildman–Crippen MR) is 83.6 cm³/mol. The van der Waals surface area contributed by atoms with E-state index >= 15 is 0 Å². The largest absolute Gasteiger partial charge is 0.507 e. The van der Waals surface area contributed by atoms with Crippen LogP contribution in [0, 0.1) is 0 Å². The number of aromatic hydroxyl groups is 2. The van der Waals surface area contributed by atoms with Gasteiger partial charge in [-0.25, -0.2) is 4.79 Å². The summed E-state index contributed by atoms with van der Waals surface area (Å²) in [6, 6.07) is 1.30. The highest BCUT2D eigenvalue weighted by atomic mass is 16.6. The highest BCUT2D eigenvalue weighted by molar-refractivity contribution is 5.94. The number of fused-ring (bicyclic) bond motifs is 1. The zero-order chi connectivity index (χ0) is 17.0. The molecular formula is C17H24O6. The number of hydrogen-bond donors (Lipinski definition) is 4. The van der Waals surface area contributed by atoms with Crippen LogP contribution in [0.3, 0.4) is 0 Å². The maximum Gasteiger partial charge on any atom is 0.343 e. The molecule has 2 rings (SSSR count). The van der Waals surface area contributed by atoms with Gasteiger partial charge in [0.05, 0.1) is 11.7 Å². The Morgan fingerprint density at radius 1 is 1.26 bits per heavy atom. The molecule has 0 saturated carbocycles. The molecule has 0 radical (unpaired) electrons. The summed E-state index contributed by atoms with van der Waals surface area (Å²) < 4.78 is 5.50. The number of ether oxygens (including phenoxy) is 1. The van der Waals surface area contributed by atoms with Crippen molar-refractivity contribution in [3.05, 3.63) is 22.8 Å². The van der Waals surface area contributed by atoms with Crippen molar-refractivity contribution in [1.29, 1.82) is 0 Å². The molecule has 1 aromatic rings. The fourth-order valence-electron chi connectivity index (χ4n) is 3.07. The minimum Gasteiger partial charge on any atom is -0.507 e. The summed E-state index contributed by atoms with van der Waals surface area (Å²) in [7, 11) is 0. The third-order valence-electron chi connectivity index (χ3n) is 4.26. The molecular weight excluding hydrogens is 300 g/mol. The van der Waals surface area contributed by atoms with Crippen LogP contribution in [-0.4, -0.2) is 32.5 Å². The number of carbonyl (C=O) groups is 1. The molecule has 4 N–H and O–H groups in total. The first kappa shape index (κ1) is 17.6. The zero-order valence-corrected chi connectivity index (χ0v) is 13.3. The van der Waals surface area contributed by atoms with Crippen molar-refractivity contribution in [2.75, 3.05) is 0 Å². The molecule has 0 saturated heterocycles. The first-order chi connectivity index (χ1) is 11.0. The Hall–Kier alpha value is -1.79. The Balaban J connectivity index is 2.10. The molecule has 1 aliphatic heterocycles. The molecule has 0 bridgehead atoms. The second-order valence-corrected chi connectivity index (χ2v) is 6.01. The van der Waals surface area contributed by atoms with Gasteiger partial charge in [0.2, 0.25) is 0 Å². The summed E-state index contributed by atoms with van der Waals surface area (Å²) in [5, 5.41) is 39.0. The number of phenols is 2. The van der Waals surface area contributed by atoms with E-state index in [-0.39, 0.29) is 11.7 Å². The number of carboxylic acid groups (broad SMARTS) is 1. The van der Waals surface area contributed by atoms with Gasteiger partial charge < -0.3 is 25.2 Å². The van der Waals surface area contributed by atoms with Gasteiger partial charge >= 0.3 is 5.97 Å². The lowest BCUT2D eigenvalue weighted by Crippen LogP contribution is -2.26. The second-order valence-electron chi connectivity index (χ2n) is 6.01. The third kappa shape index (κ3) is 3.95. The average molecular weight is 324 g/mol. The molecule has 0 fully saturated rings. The SMILES string of the molecule is CCCCCCC[C@@H]1Cc2cc(O)c(C(=O)O)c(O)c2[C@H](O)O1. The summed E-state index contributed by atoms with van der Waals surface area (Å²) in [5.41, 5.74) is -0.0332. The van der Waals surface area contributed by atoms with Crippen LogP contribution in [0.1, 0.15) is 73.2 Å². The van der Waals surface area contributed by atoms with Crippen LogP contribution in [0.15, 0.2) is 6.07 Å². The van der Waals surface area contributed by atoms with Crippen molar-refractivity contribution < 1.29 is 30.0 Å². The smallest absolute Gasteiger partial charge is 0.343 e. The molecule has 1 heterocycles. The number of hydrogen-bond acceptors (Lipinski definition) is 5. The Kier molecular flexibility index (Phi) is 5.85. The van der Waals surface area contributed by atoms with Crippen molar-refractivity contribution in [2.24, 2.45) is 0 Å². The van der Waals surface area contributed by atoms with Gasteiger partial charge in [0, 0.05) is 0 Å². The summed E-state index contributed by atoms with van der Waals surface area (Å²) in [5.74, 6) is -2.57. The number of rotatable bonds is 7. The van der Waals surface area contributed by atoms with Crippen molar-refractivity contribution >= 4 is 5.97 Å². The fourth-order valence-corrected chi connectivity index (χ4v) is 3.07. The Morgan fingerprint density at radius 3 is 2.61 bits per heavy atom. The minimum atomic E-state index is -1.45. The molecule has 1 aliphatic rings. The topological polar surface area (TPSA) is 107 Å². The van der Waals surface area contributed by atoms with E-state index in [1.165, 1.54) is 25.3 Å². The molecule has 2 atom stereocenters. The fraction of sp³-hybridized carbons (Fsp3) is 0.588. The van der Waals surface area contributed by atoms with E-state index in [0.717, 1.165) is 19.3 Å². The van der Waals surface area contributed by atoms with E-state index < -0.39 is 29.3 Å². The molecule has 0 amide bonds. The van der Waals surface area contributed by atoms with Gasteiger partial charge in [-0.05, 0) is 24.5 Å². The van der Waals surface area contributed by atoms with Crippen LogP contribution in [0.4, 0.5) is 0 Å². The van der Waals surface area contributed by atoms with E-state index in [9.17, 15) is 20.1 Å². The number of carboxylic acids is 1. The maximum atomic E-state index is 11.1. The first-order valence-electron chi connectivity index (χ1n) is 8.10. The van der Waals surface area contributed by atoms with Gasteiger partial charge in [0.1, 0.15) is 17.1 Å². The molecule has 0 spiro atoms. The van der Waals surface area contributed by atoms with E-state index in [2.05, 4.69) is 6.92 Å². The van der Waals surface area contributed by atoms with Gasteiger partial charge in [-0.15, -0.1) is 0 Å². The highest BCUT2D eigenvalue weighted by Gasteiger charge is 2.32. The van der Waals surface area contributed by atoms with E-state index in [4.69, 9.17) is 9.84 Å². The standard InChI is InChI=1S/C17H24O6/c1-2-3-4-5-6-7-11-8-10-9-12(18)14(16(20)21)15(19)13(10)17(22)23-11/h9,11,17-19,22H,2-8H2,1H3,(H,20,21)/t11-,17-/m1/s1. The lowest BCUT2D eigenvalue weighted by molar-refractivity contribution is -0.151. The van der Waals surface area contributed by atoms with Crippen molar-refractivity contribution in [3.63, 3.8) is 0 Å². The molecule has 0 aliphatic carbocycles. The van der Waals surface area contributed by atoms with Crippen molar-refractivity contribution in [2.45, 2.75) is 64.3 Å². The van der Waals surface area contributed by atoms with Crippen LogP contribution >= 0.6 is 0 Å². The van der Waals surface area contributed by atoms with Gasteiger partial charge in [-0.1, -0.05) is 39.0 Å². The van der Waals surface area contributed by atoms with Gasteiger partial charge in [0.15, 0.2) is 6.29 Å². The summed E-state index contributed by atoms with van der Waals surface area (Å²) in [6.07, 6.45) is 5.28. The molecule has 23 heavy (non-hydrogen) atoms. The Bertz CT molecular complexity index is 569. The lowest BCUT2D eigenvalue weighted by atomic mass is 9.92. The zero-order valence-electron chi connectivity index (χ0n) is 13.3. The number of aliphatic hydroxyl groups excluding tert-OH is 1. The summed E-state index contributed by atoms with van der Waals surface area (Å²) in [6.45, 7) is 2.15. The molecule has 1 aromatic carbocycles. The van der Waals surface area contributed by atoms with Crippen LogP contribution in [0.25, 0.3) is 0 Å². The maximum absolute atomic E-state index is 11.1. The Morgan fingerprint density at radius 2 is 1.96 bits per heavy atom. The number of unbranched alkanes of at least 4 members (excludes halogenated alkanes) is 4. The number of benzene rings is 1. The number of aromatic carboxylic acids is 1. The summed E-state index contributed by atoms with van der Waals surface area (Å²) >= 11 is 0. The van der Waals surface area contributed by atoms with E-state index in [0.29, 0.717) is 12.0 Å². The van der Waals surface area contributed by atoms with E-state index in [1.54, 1.807) is 0 Å². The van der Waals surface area contributed by atoms with Crippen LogP contribution in [0.5, 0.6) is 11.5 Å². The monoisotopic (exact) mass is 324 g/mol. The van der Waals surface area contributed by atoms with Crippen molar-refractivity contribution in [3.8, 4) is 11.5 Å². The predicted octanol–water partition coefficient (Wildman–Crippen LogP) is 3.09. The van der Waals surface area contributed by atoms with Crippen molar-refractivity contribution in [1.82, 2.24) is 0 Å². The van der Waals surface area contributed by atoms with Gasteiger partial charge in [0.25, 0.3) is 0 Å². The molecule has 128 valence electrons. The van der Waals surface area contributed by atoms with Crippen LogP contribution in [0.2, 0.25) is 0 Å².